The van der Waals surface area contributed by atoms with E-state index in [0.29, 0.717) is 12.1 Å². The molecule has 0 unspecified atom stereocenters. The fourth-order valence-corrected chi connectivity index (χ4v) is 2.39. The second kappa shape index (κ2) is 7.47. The lowest BCUT2D eigenvalue weighted by Gasteiger charge is -2.17. The highest BCUT2D eigenvalue weighted by atomic mass is 16.6. The van der Waals surface area contributed by atoms with Gasteiger partial charge in [0.2, 0.25) is 0 Å². The predicted molar refractivity (Wildman–Crippen MR) is 97.5 cm³/mol. The van der Waals surface area contributed by atoms with Crippen LogP contribution in [0, 0.1) is 6.92 Å². The molecule has 1 aromatic carbocycles. The smallest absolute Gasteiger partial charge is 0.331 e. The number of hydrogen-bond acceptors (Lipinski definition) is 4. The number of nitrogens with zero attached hydrogens (tertiary/aromatic N) is 1. The number of esters is 1. The number of carbonyl (C=O) groups excluding carboxylic acids is 2. The minimum Gasteiger partial charge on any atom is -0.457 e. The van der Waals surface area contributed by atoms with Crippen molar-refractivity contribution in [1.29, 1.82) is 0 Å². The number of Topliss-reactive ketones (excluding diaryl/α,β-unsaturated/α-hetero) is 1. The van der Waals surface area contributed by atoms with Crippen LogP contribution < -0.4 is 0 Å². The van der Waals surface area contributed by atoms with E-state index in [-0.39, 0.29) is 11.8 Å². The normalized spacial score (nSPS) is 11.7. The van der Waals surface area contributed by atoms with Gasteiger partial charge in [0, 0.05) is 25.1 Å². The predicted octanol–water partition coefficient (Wildman–Crippen LogP) is 3.87. The molecule has 2 rings (SSSR count). The van der Waals surface area contributed by atoms with E-state index in [1.54, 1.807) is 6.08 Å². The van der Waals surface area contributed by atoms with Crippen LogP contribution in [0.15, 0.2) is 30.3 Å². The molecule has 5 nitrogen and oxygen atoms in total. The van der Waals surface area contributed by atoms with Gasteiger partial charge in [0.15, 0.2) is 5.78 Å². The van der Waals surface area contributed by atoms with Crippen molar-refractivity contribution >= 4 is 17.8 Å². The molecular formula is C20H24N2O3. The summed E-state index contributed by atoms with van der Waals surface area (Å²) in [6, 6.07) is 7.80. The molecule has 0 saturated carbocycles. The summed E-state index contributed by atoms with van der Waals surface area (Å²) in [4.78, 5) is 30.6. The number of ether oxygens (including phenoxy) is 1. The first-order chi connectivity index (χ1) is 11.6. The molecule has 2 aromatic rings. The molecule has 132 valence electrons. The van der Waals surface area contributed by atoms with Crippen LogP contribution in [0.4, 0.5) is 0 Å². The first-order valence-electron chi connectivity index (χ1n) is 8.20. The van der Waals surface area contributed by atoms with Crippen LogP contribution >= 0.6 is 0 Å². The van der Waals surface area contributed by atoms with Crippen molar-refractivity contribution in [1.82, 2.24) is 9.97 Å². The molecule has 0 amide bonds. The van der Waals surface area contributed by atoms with E-state index in [0.717, 1.165) is 22.6 Å². The summed E-state index contributed by atoms with van der Waals surface area (Å²) in [5.41, 5.74) is 2.77. The van der Waals surface area contributed by atoms with Crippen molar-refractivity contribution in [3.8, 4) is 0 Å². The lowest BCUT2D eigenvalue weighted by Crippen LogP contribution is -2.22. The number of hydrogen-bond donors (Lipinski definition) is 1. The molecule has 0 spiro atoms. The number of ketones is 1. The average Bonchev–Trinajstić information content (AvgIpc) is 2.85. The van der Waals surface area contributed by atoms with E-state index in [9.17, 15) is 9.59 Å². The number of aromatic nitrogens is 2. The quantitative estimate of drug-likeness (QED) is 0.509. The van der Waals surface area contributed by atoms with Crippen molar-refractivity contribution in [3.63, 3.8) is 0 Å². The van der Waals surface area contributed by atoms with Crippen LogP contribution in [0.5, 0.6) is 0 Å². The van der Waals surface area contributed by atoms with Gasteiger partial charge in [-0.15, -0.1) is 0 Å². The van der Waals surface area contributed by atoms with Crippen molar-refractivity contribution in [3.05, 3.63) is 58.7 Å². The molecule has 1 heterocycles. The maximum atomic E-state index is 11.7. The number of benzene rings is 1. The third kappa shape index (κ3) is 5.71. The number of aryl methyl sites for hydroxylation is 1. The zero-order chi connectivity index (χ0) is 18.6. The maximum absolute atomic E-state index is 11.7. The number of imidazole rings is 1. The van der Waals surface area contributed by atoms with Gasteiger partial charge < -0.3 is 9.72 Å². The number of nitrogens with one attached hydrogen (secondary N) is 1. The molecular weight excluding hydrogens is 316 g/mol. The van der Waals surface area contributed by atoms with Gasteiger partial charge >= 0.3 is 5.97 Å². The van der Waals surface area contributed by atoms with Crippen LogP contribution in [0.3, 0.4) is 0 Å². The zero-order valence-electron chi connectivity index (χ0n) is 15.3. The fraction of sp³-hybridized carbons (Fsp3) is 0.350. The number of rotatable bonds is 5. The summed E-state index contributed by atoms with van der Waals surface area (Å²) in [6.45, 7) is 8.86. The van der Waals surface area contributed by atoms with Crippen molar-refractivity contribution in [2.24, 2.45) is 0 Å². The van der Waals surface area contributed by atoms with Crippen LogP contribution in [0.2, 0.25) is 0 Å². The summed E-state index contributed by atoms with van der Waals surface area (Å²) in [6.07, 6.45) is 3.77. The van der Waals surface area contributed by atoms with Gasteiger partial charge in [-0.1, -0.05) is 24.3 Å². The van der Waals surface area contributed by atoms with Gasteiger partial charge in [-0.25, -0.2) is 9.78 Å². The van der Waals surface area contributed by atoms with Crippen molar-refractivity contribution < 1.29 is 14.3 Å². The molecule has 1 aromatic heterocycles. The lowest BCUT2D eigenvalue weighted by molar-refractivity contribution is -0.148. The molecule has 0 aliphatic heterocycles. The Bertz CT molecular complexity index is 793. The highest BCUT2D eigenvalue weighted by Crippen LogP contribution is 2.13. The second-order valence-electron chi connectivity index (χ2n) is 7.00. The molecule has 0 aliphatic rings. The van der Waals surface area contributed by atoms with E-state index in [4.69, 9.17) is 4.74 Å². The van der Waals surface area contributed by atoms with E-state index in [2.05, 4.69) is 9.97 Å². The molecule has 25 heavy (non-hydrogen) atoms. The third-order valence-electron chi connectivity index (χ3n) is 3.44. The molecule has 1 N–H and O–H groups in total. The summed E-state index contributed by atoms with van der Waals surface area (Å²) < 4.78 is 5.23. The van der Waals surface area contributed by atoms with Crippen molar-refractivity contribution in [2.75, 3.05) is 0 Å². The number of carbonyl (C=O) groups is 2. The average molecular weight is 340 g/mol. The van der Waals surface area contributed by atoms with Gasteiger partial charge in [-0.05, 0) is 44.9 Å². The Morgan fingerprint density at radius 3 is 2.36 bits per heavy atom. The highest BCUT2D eigenvalue weighted by Gasteiger charge is 2.14. The molecule has 0 atom stereocenters. The summed E-state index contributed by atoms with van der Waals surface area (Å²) in [7, 11) is 0. The van der Waals surface area contributed by atoms with E-state index in [1.807, 2.05) is 52.0 Å². The minimum absolute atomic E-state index is 0.0392. The maximum Gasteiger partial charge on any atom is 0.331 e. The van der Waals surface area contributed by atoms with Crippen LogP contribution in [-0.2, 0) is 16.0 Å². The Hall–Kier alpha value is -2.69. The molecule has 0 bridgehead atoms. The second-order valence-corrected chi connectivity index (χ2v) is 7.00. The SMILES string of the molecule is CC(=O)c1nc(Cc2ccc(/C=C/C(=O)OC(C)(C)C)cc2)[nH]c1C. The molecule has 0 fully saturated rings. The Morgan fingerprint density at radius 1 is 1.20 bits per heavy atom. The molecule has 0 saturated heterocycles. The monoisotopic (exact) mass is 340 g/mol. The summed E-state index contributed by atoms with van der Waals surface area (Å²) in [5, 5.41) is 0. The van der Waals surface area contributed by atoms with Gasteiger partial charge in [-0.2, -0.15) is 0 Å². The molecule has 0 radical (unpaired) electrons. The first-order valence-corrected chi connectivity index (χ1v) is 8.20. The Morgan fingerprint density at radius 2 is 1.84 bits per heavy atom. The fourth-order valence-electron chi connectivity index (χ4n) is 2.39. The largest absolute Gasteiger partial charge is 0.457 e. The van der Waals surface area contributed by atoms with E-state index in [1.165, 1.54) is 13.0 Å². The summed E-state index contributed by atoms with van der Waals surface area (Å²) in [5.74, 6) is 0.363. The number of H-pyrrole nitrogens is 1. The van der Waals surface area contributed by atoms with E-state index < -0.39 is 5.60 Å². The van der Waals surface area contributed by atoms with Crippen LogP contribution in [0.25, 0.3) is 6.08 Å². The van der Waals surface area contributed by atoms with Crippen molar-refractivity contribution in [2.45, 2.75) is 46.6 Å². The van der Waals surface area contributed by atoms with Crippen LogP contribution in [-0.4, -0.2) is 27.3 Å². The van der Waals surface area contributed by atoms with Gasteiger partial charge in [-0.3, -0.25) is 4.79 Å². The molecule has 5 heteroatoms. The Labute approximate surface area is 148 Å². The third-order valence-corrected chi connectivity index (χ3v) is 3.44. The van der Waals surface area contributed by atoms with Crippen LogP contribution in [0.1, 0.15) is 60.8 Å². The zero-order valence-corrected chi connectivity index (χ0v) is 15.3. The number of aromatic amines is 1. The lowest BCUT2D eigenvalue weighted by atomic mass is 10.1. The Kier molecular flexibility index (Phi) is 5.57. The van der Waals surface area contributed by atoms with E-state index >= 15 is 0 Å². The summed E-state index contributed by atoms with van der Waals surface area (Å²) >= 11 is 0. The van der Waals surface area contributed by atoms with Gasteiger partial charge in [0.05, 0.1) is 0 Å². The standard InChI is InChI=1S/C20H24N2O3/c1-13-19(14(2)23)22-17(21-13)12-16-8-6-15(7-9-16)10-11-18(24)25-20(3,4)5/h6-11H,12H2,1-5H3,(H,21,22)/b11-10+. The van der Waals surface area contributed by atoms with Gasteiger partial charge in [0.25, 0.3) is 0 Å². The Balaban J connectivity index is 2.01. The molecule has 0 aliphatic carbocycles. The highest BCUT2D eigenvalue weighted by molar-refractivity contribution is 5.93. The minimum atomic E-state index is -0.495. The first kappa shape index (κ1) is 18.6. The van der Waals surface area contributed by atoms with Gasteiger partial charge in [0.1, 0.15) is 17.1 Å². The topological polar surface area (TPSA) is 72.1 Å².